The summed E-state index contributed by atoms with van der Waals surface area (Å²) in [7, 11) is -1.78. The third-order valence-corrected chi connectivity index (χ3v) is 4.88. The molecule has 2 rings (SSSR count). The lowest BCUT2D eigenvalue weighted by Gasteiger charge is -2.18. The molecule has 0 aliphatic carbocycles. The molecule has 8 heteroatoms. The predicted molar refractivity (Wildman–Crippen MR) is 101 cm³/mol. The molecule has 0 spiro atoms. The van der Waals surface area contributed by atoms with E-state index < -0.39 is 10.0 Å². The molecule has 0 fully saturated rings. The number of nitrogens with zero attached hydrogens (tertiary/aromatic N) is 1. The lowest BCUT2D eigenvalue weighted by molar-refractivity contribution is 0.501. The summed E-state index contributed by atoms with van der Waals surface area (Å²) in [5, 5.41) is 6.67. The lowest BCUT2D eigenvalue weighted by atomic mass is 10.2. The zero-order chi connectivity index (χ0) is 17.6. The van der Waals surface area contributed by atoms with E-state index in [-0.39, 0.29) is 0 Å². The van der Waals surface area contributed by atoms with Crippen LogP contribution in [0.3, 0.4) is 0 Å². The van der Waals surface area contributed by atoms with Gasteiger partial charge in [-0.25, -0.2) is 8.42 Å². The van der Waals surface area contributed by atoms with E-state index in [9.17, 15) is 8.42 Å². The molecule has 2 aromatic rings. The van der Waals surface area contributed by atoms with Gasteiger partial charge in [-0.15, -0.1) is 0 Å². The Morgan fingerprint density at radius 2 is 2.08 bits per heavy atom. The van der Waals surface area contributed by atoms with E-state index in [0.29, 0.717) is 10.8 Å². The minimum absolute atomic E-state index is 0.494. The molecule has 0 atom stereocenters. The first-order chi connectivity index (χ1) is 11.4. The second-order valence-electron chi connectivity index (χ2n) is 5.34. The summed E-state index contributed by atoms with van der Waals surface area (Å²) >= 11 is 5.25. The highest BCUT2D eigenvalue weighted by molar-refractivity contribution is 7.92. The van der Waals surface area contributed by atoms with E-state index in [1.54, 1.807) is 24.5 Å². The number of thiocarbonyl (C=S) groups is 1. The van der Waals surface area contributed by atoms with Gasteiger partial charge in [-0.1, -0.05) is 6.07 Å². The van der Waals surface area contributed by atoms with Crippen molar-refractivity contribution in [2.24, 2.45) is 0 Å². The lowest BCUT2D eigenvalue weighted by Crippen LogP contribution is -2.29. The van der Waals surface area contributed by atoms with Crippen molar-refractivity contribution in [3.63, 3.8) is 0 Å². The molecular weight excluding hydrogens is 346 g/mol. The van der Waals surface area contributed by atoms with Crippen LogP contribution in [0.5, 0.6) is 0 Å². The van der Waals surface area contributed by atoms with Crippen LogP contribution in [0.2, 0.25) is 0 Å². The molecule has 130 valence electrons. The summed E-state index contributed by atoms with van der Waals surface area (Å²) in [5.74, 6) is 0.951. The first kappa shape index (κ1) is 18.3. The number of furan rings is 1. The molecule has 24 heavy (non-hydrogen) atoms. The standard InChI is InChI=1S/C16H21N3O3S2/c1-19(24(2,20)21)14-7-3-6-13(12-14)18-16(23)17-10-4-8-15-9-5-11-22-15/h3,5-7,9,11-12H,4,8,10H2,1-2H3,(H2,17,18,23). The maximum atomic E-state index is 11.6. The molecule has 0 aliphatic rings. The quantitative estimate of drug-likeness (QED) is 0.579. The van der Waals surface area contributed by atoms with Crippen LogP contribution in [-0.4, -0.2) is 33.4 Å². The minimum atomic E-state index is -3.29. The van der Waals surface area contributed by atoms with Gasteiger partial charge < -0.3 is 15.1 Å². The van der Waals surface area contributed by atoms with E-state index in [0.717, 1.165) is 37.1 Å². The first-order valence-corrected chi connectivity index (χ1v) is 9.73. The molecule has 0 radical (unpaired) electrons. The van der Waals surface area contributed by atoms with Gasteiger partial charge in [0.1, 0.15) is 5.76 Å². The van der Waals surface area contributed by atoms with E-state index in [4.69, 9.17) is 16.6 Å². The maximum Gasteiger partial charge on any atom is 0.231 e. The maximum absolute atomic E-state index is 11.6. The van der Waals surface area contributed by atoms with Crippen LogP contribution in [-0.2, 0) is 16.4 Å². The third kappa shape index (κ3) is 5.54. The number of aryl methyl sites for hydroxylation is 1. The van der Waals surface area contributed by atoms with Crippen molar-refractivity contribution >= 4 is 38.7 Å². The van der Waals surface area contributed by atoms with Crippen LogP contribution in [0.4, 0.5) is 11.4 Å². The smallest absolute Gasteiger partial charge is 0.231 e. The predicted octanol–water partition coefficient (Wildman–Crippen LogP) is 2.59. The van der Waals surface area contributed by atoms with Gasteiger partial charge in [0.05, 0.1) is 18.2 Å². The fourth-order valence-electron chi connectivity index (χ4n) is 2.07. The molecular formula is C16H21N3O3S2. The van der Waals surface area contributed by atoms with Gasteiger partial charge in [0.15, 0.2) is 5.11 Å². The highest BCUT2D eigenvalue weighted by Crippen LogP contribution is 2.20. The summed E-state index contributed by atoms with van der Waals surface area (Å²) < 4.78 is 29.7. The van der Waals surface area contributed by atoms with Crippen molar-refractivity contribution in [3.8, 4) is 0 Å². The first-order valence-electron chi connectivity index (χ1n) is 7.47. The molecule has 6 nitrogen and oxygen atoms in total. The zero-order valence-corrected chi connectivity index (χ0v) is 15.3. The van der Waals surface area contributed by atoms with Gasteiger partial charge in [0.2, 0.25) is 10.0 Å². The number of benzene rings is 1. The van der Waals surface area contributed by atoms with Crippen LogP contribution < -0.4 is 14.9 Å². The summed E-state index contributed by atoms with van der Waals surface area (Å²) in [6.45, 7) is 0.718. The Morgan fingerprint density at radius 1 is 1.29 bits per heavy atom. The third-order valence-electron chi connectivity index (χ3n) is 3.43. The monoisotopic (exact) mass is 367 g/mol. The number of nitrogens with one attached hydrogen (secondary N) is 2. The highest BCUT2D eigenvalue weighted by Gasteiger charge is 2.12. The number of rotatable bonds is 7. The summed E-state index contributed by atoms with van der Waals surface area (Å²) in [6, 6.07) is 10.9. The Labute approximate surface area is 147 Å². The molecule has 0 unspecified atom stereocenters. The van der Waals surface area contributed by atoms with E-state index in [1.807, 2.05) is 18.2 Å². The Bertz CT molecular complexity index is 774. The minimum Gasteiger partial charge on any atom is -0.469 e. The molecule has 1 aromatic carbocycles. The number of anilines is 2. The van der Waals surface area contributed by atoms with Gasteiger partial charge in [0.25, 0.3) is 0 Å². The van der Waals surface area contributed by atoms with Crippen LogP contribution in [0, 0.1) is 0 Å². The van der Waals surface area contributed by atoms with Crippen molar-refractivity contribution in [1.82, 2.24) is 5.32 Å². The summed E-state index contributed by atoms with van der Waals surface area (Å²) in [5.41, 5.74) is 1.30. The summed E-state index contributed by atoms with van der Waals surface area (Å²) in [4.78, 5) is 0. The van der Waals surface area contributed by atoms with Gasteiger partial charge in [-0.2, -0.15) is 0 Å². The Kier molecular flexibility index (Phi) is 6.22. The second kappa shape index (κ2) is 8.16. The van der Waals surface area contributed by atoms with Crippen molar-refractivity contribution in [1.29, 1.82) is 0 Å². The van der Waals surface area contributed by atoms with Crippen LogP contribution in [0.15, 0.2) is 47.1 Å². The molecule has 1 aromatic heterocycles. The fraction of sp³-hybridized carbons (Fsp3) is 0.312. The van der Waals surface area contributed by atoms with Crippen LogP contribution >= 0.6 is 12.2 Å². The number of hydrogen-bond donors (Lipinski definition) is 2. The number of sulfonamides is 1. The molecule has 2 N–H and O–H groups in total. The van der Waals surface area contributed by atoms with Crippen molar-refractivity contribution < 1.29 is 12.8 Å². The Hall–Kier alpha value is -2.06. The molecule has 0 amide bonds. The zero-order valence-electron chi connectivity index (χ0n) is 13.7. The molecule has 0 saturated heterocycles. The van der Waals surface area contributed by atoms with Crippen molar-refractivity contribution in [2.45, 2.75) is 12.8 Å². The SMILES string of the molecule is CN(c1cccc(NC(=S)NCCCc2ccco2)c1)S(C)(=O)=O. The summed E-state index contributed by atoms with van der Waals surface area (Å²) in [6.07, 6.45) is 4.57. The molecule has 0 saturated carbocycles. The average Bonchev–Trinajstić information content (AvgIpc) is 3.03. The van der Waals surface area contributed by atoms with Crippen LogP contribution in [0.1, 0.15) is 12.2 Å². The van der Waals surface area contributed by atoms with Crippen molar-refractivity contribution in [2.75, 3.05) is 29.5 Å². The Balaban J connectivity index is 1.83. The normalized spacial score (nSPS) is 11.1. The van der Waals surface area contributed by atoms with Gasteiger partial charge in [-0.3, -0.25) is 4.31 Å². The Morgan fingerprint density at radius 3 is 2.75 bits per heavy atom. The topological polar surface area (TPSA) is 74.6 Å². The average molecular weight is 367 g/mol. The highest BCUT2D eigenvalue weighted by atomic mass is 32.2. The van der Waals surface area contributed by atoms with E-state index in [1.165, 1.54) is 11.4 Å². The van der Waals surface area contributed by atoms with E-state index in [2.05, 4.69) is 10.6 Å². The van der Waals surface area contributed by atoms with Crippen LogP contribution in [0.25, 0.3) is 0 Å². The molecule has 1 heterocycles. The molecule has 0 bridgehead atoms. The second-order valence-corrected chi connectivity index (χ2v) is 7.77. The molecule has 0 aliphatic heterocycles. The van der Waals surface area contributed by atoms with Gasteiger partial charge in [-0.05, 0) is 49.0 Å². The van der Waals surface area contributed by atoms with Gasteiger partial charge >= 0.3 is 0 Å². The van der Waals surface area contributed by atoms with E-state index >= 15 is 0 Å². The number of hydrogen-bond acceptors (Lipinski definition) is 4. The fourth-order valence-corrected chi connectivity index (χ4v) is 2.78. The largest absolute Gasteiger partial charge is 0.469 e. The van der Waals surface area contributed by atoms with Gasteiger partial charge in [0, 0.05) is 25.7 Å². The van der Waals surface area contributed by atoms with Crippen molar-refractivity contribution in [3.05, 3.63) is 48.4 Å².